The van der Waals surface area contributed by atoms with E-state index in [1.807, 2.05) is 0 Å². The standard InChI is InChI=1S/C17H18F4N4O2/c1-2-23-16(25-9-12-5-6-14(27-12)15(22)26)24-8-10-3-4-11(18)7-13(10)17(19,20)21/h3-7H,2,8-9H2,1H3,(H2,22,26)(H2,23,24,25). The molecule has 146 valence electrons. The molecule has 1 amide bonds. The van der Waals surface area contributed by atoms with E-state index in [1.165, 1.54) is 6.07 Å². The summed E-state index contributed by atoms with van der Waals surface area (Å²) in [6.45, 7) is 2.07. The van der Waals surface area contributed by atoms with Crippen molar-refractivity contribution in [2.45, 2.75) is 26.2 Å². The Morgan fingerprint density at radius 2 is 1.96 bits per heavy atom. The van der Waals surface area contributed by atoms with Crippen molar-refractivity contribution in [2.75, 3.05) is 6.54 Å². The Bertz CT molecular complexity index is 831. The highest BCUT2D eigenvalue weighted by molar-refractivity contribution is 5.89. The number of hydrogen-bond donors (Lipinski definition) is 3. The third-order valence-corrected chi connectivity index (χ3v) is 3.46. The number of furan rings is 1. The Balaban J connectivity index is 2.12. The van der Waals surface area contributed by atoms with Gasteiger partial charge in [0.25, 0.3) is 5.91 Å². The summed E-state index contributed by atoms with van der Waals surface area (Å²) in [5, 5.41) is 5.74. The van der Waals surface area contributed by atoms with Crippen LogP contribution in [0.2, 0.25) is 0 Å². The third kappa shape index (κ3) is 5.73. The number of aliphatic imine (C=N–C) groups is 1. The van der Waals surface area contributed by atoms with Crippen LogP contribution in [0, 0.1) is 5.82 Å². The van der Waals surface area contributed by atoms with Crippen molar-refractivity contribution in [3.8, 4) is 0 Å². The molecule has 0 saturated carbocycles. The summed E-state index contributed by atoms with van der Waals surface area (Å²) >= 11 is 0. The molecule has 1 heterocycles. The highest BCUT2D eigenvalue weighted by Gasteiger charge is 2.33. The number of primary amides is 1. The van der Waals surface area contributed by atoms with E-state index < -0.39 is 23.5 Å². The van der Waals surface area contributed by atoms with Gasteiger partial charge in [-0.1, -0.05) is 6.07 Å². The Morgan fingerprint density at radius 3 is 2.56 bits per heavy atom. The van der Waals surface area contributed by atoms with E-state index in [0.717, 1.165) is 12.1 Å². The van der Waals surface area contributed by atoms with Crippen molar-refractivity contribution in [3.63, 3.8) is 0 Å². The predicted octanol–water partition coefficient (Wildman–Crippen LogP) is 2.79. The first-order valence-electron chi connectivity index (χ1n) is 7.97. The van der Waals surface area contributed by atoms with Gasteiger partial charge in [0.2, 0.25) is 0 Å². The summed E-state index contributed by atoms with van der Waals surface area (Å²) in [5.74, 6) is -1.06. The third-order valence-electron chi connectivity index (χ3n) is 3.46. The highest BCUT2D eigenvalue weighted by Crippen LogP contribution is 2.32. The van der Waals surface area contributed by atoms with Crippen LogP contribution in [-0.2, 0) is 19.3 Å². The van der Waals surface area contributed by atoms with E-state index in [4.69, 9.17) is 10.2 Å². The second kappa shape index (κ2) is 8.56. The quantitative estimate of drug-likeness (QED) is 0.404. The molecule has 0 aliphatic rings. The van der Waals surface area contributed by atoms with Gasteiger partial charge >= 0.3 is 6.18 Å². The number of carbonyl (C=O) groups excluding carboxylic acids is 1. The largest absolute Gasteiger partial charge is 0.454 e. The second-order valence-electron chi connectivity index (χ2n) is 5.48. The lowest BCUT2D eigenvalue weighted by Crippen LogP contribution is -2.36. The van der Waals surface area contributed by atoms with E-state index in [9.17, 15) is 22.4 Å². The molecule has 0 aliphatic heterocycles. The maximum atomic E-state index is 13.2. The normalized spacial score (nSPS) is 12.1. The van der Waals surface area contributed by atoms with E-state index in [2.05, 4.69) is 15.6 Å². The average Bonchev–Trinajstić information content (AvgIpc) is 3.06. The van der Waals surface area contributed by atoms with Crippen LogP contribution in [0.4, 0.5) is 17.6 Å². The molecule has 1 aromatic carbocycles. The number of carbonyl (C=O) groups is 1. The minimum absolute atomic E-state index is 0.00475. The second-order valence-corrected chi connectivity index (χ2v) is 5.48. The van der Waals surface area contributed by atoms with E-state index in [-0.39, 0.29) is 30.4 Å². The first-order valence-corrected chi connectivity index (χ1v) is 7.97. The fraction of sp³-hybridized carbons (Fsp3) is 0.294. The van der Waals surface area contributed by atoms with Gasteiger partial charge in [0.1, 0.15) is 11.6 Å². The molecule has 10 heteroatoms. The van der Waals surface area contributed by atoms with Crippen molar-refractivity contribution in [1.29, 1.82) is 0 Å². The maximum Gasteiger partial charge on any atom is 0.416 e. The van der Waals surface area contributed by atoms with Crippen LogP contribution in [0.1, 0.15) is 34.4 Å². The van der Waals surface area contributed by atoms with Gasteiger partial charge in [-0.3, -0.25) is 4.79 Å². The number of benzene rings is 1. The number of halogens is 4. The fourth-order valence-corrected chi connectivity index (χ4v) is 2.23. The first-order chi connectivity index (χ1) is 12.7. The maximum absolute atomic E-state index is 13.2. The summed E-state index contributed by atoms with van der Waals surface area (Å²) in [5.41, 5.74) is 3.87. The molecule has 0 aliphatic carbocycles. The molecular formula is C17H18F4N4O2. The number of hydrogen-bond acceptors (Lipinski definition) is 3. The first kappa shape index (κ1) is 20.3. The molecule has 0 atom stereocenters. The monoisotopic (exact) mass is 386 g/mol. The summed E-state index contributed by atoms with van der Waals surface area (Å²) < 4.78 is 57.5. The van der Waals surface area contributed by atoms with Gasteiger partial charge in [-0.15, -0.1) is 0 Å². The molecule has 1 aromatic heterocycles. The minimum Gasteiger partial charge on any atom is -0.454 e. The van der Waals surface area contributed by atoms with Crippen LogP contribution in [0.25, 0.3) is 0 Å². The van der Waals surface area contributed by atoms with Crippen molar-refractivity contribution in [3.05, 3.63) is 58.8 Å². The lowest BCUT2D eigenvalue weighted by atomic mass is 10.1. The number of nitrogens with two attached hydrogens (primary N) is 1. The smallest absolute Gasteiger partial charge is 0.416 e. The Kier molecular flexibility index (Phi) is 6.43. The van der Waals surface area contributed by atoms with Gasteiger partial charge in [0.15, 0.2) is 11.7 Å². The van der Waals surface area contributed by atoms with Crippen molar-refractivity contribution >= 4 is 11.9 Å². The van der Waals surface area contributed by atoms with Crippen LogP contribution in [0.3, 0.4) is 0 Å². The lowest BCUT2D eigenvalue weighted by molar-refractivity contribution is -0.138. The van der Waals surface area contributed by atoms with Crippen molar-refractivity contribution in [1.82, 2.24) is 10.6 Å². The van der Waals surface area contributed by atoms with Crippen molar-refractivity contribution < 1.29 is 26.8 Å². The highest BCUT2D eigenvalue weighted by atomic mass is 19.4. The summed E-state index contributed by atoms with van der Waals surface area (Å²) in [6.07, 6.45) is -4.68. The number of rotatable bonds is 6. The SMILES string of the molecule is CCNC(=NCc1ccc(F)cc1C(F)(F)F)NCc1ccc(C(N)=O)o1. The molecule has 0 spiro atoms. The van der Waals surface area contributed by atoms with Crippen LogP contribution in [-0.4, -0.2) is 18.4 Å². The molecule has 27 heavy (non-hydrogen) atoms. The number of amides is 1. The van der Waals surface area contributed by atoms with Gasteiger partial charge in [0, 0.05) is 6.54 Å². The summed E-state index contributed by atoms with van der Waals surface area (Å²) in [6, 6.07) is 5.40. The van der Waals surface area contributed by atoms with Crippen molar-refractivity contribution in [2.24, 2.45) is 10.7 Å². The van der Waals surface area contributed by atoms with E-state index >= 15 is 0 Å². The Hall–Kier alpha value is -3.04. The van der Waals surface area contributed by atoms with Gasteiger partial charge in [-0.2, -0.15) is 13.2 Å². The van der Waals surface area contributed by atoms with Gasteiger partial charge in [-0.25, -0.2) is 9.38 Å². The summed E-state index contributed by atoms with van der Waals surface area (Å²) in [7, 11) is 0. The average molecular weight is 386 g/mol. The van der Waals surface area contributed by atoms with Gasteiger partial charge in [0.05, 0.1) is 18.7 Å². The van der Waals surface area contributed by atoms with Crippen LogP contribution in [0.15, 0.2) is 39.7 Å². The molecule has 2 rings (SSSR count). The molecule has 2 aromatic rings. The molecular weight excluding hydrogens is 368 g/mol. The zero-order valence-electron chi connectivity index (χ0n) is 14.4. The lowest BCUT2D eigenvalue weighted by Gasteiger charge is -2.13. The summed E-state index contributed by atoms with van der Waals surface area (Å²) in [4.78, 5) is 15.1. The Morgan fingerprint density at radius 1 is 1.22 bits per heavy atom. The minimum atomic E-state index is -4.68. The van der Waals surface area contributed by atoms with Crippen LogP contribution in [0.5, 0.6) is 0 Å². The number of alkyl halides is 3. The topological polar surface area (TPSA) is 92.6 Å². The molecule has 0 bridgehead atoms. The molecule has 0 saturated heterocycles. The van der Waals surface area contributed by atoms with Gasteiger partial charge in [-0.05, 0) is 36.8 Å². The number of nitrogens with one attached hydrogen (secondary N) is 2. The predicted molar refractivity (Wildman–Crippen MR) is 90.3 cm³/mol. The van der Waals surface area contributed by atoms with Gasteiger partial charge < -0.3 is 20.8 Å². The molecule has 4 N–H and O–H groups in total. The number of nitrogens with zero attached hydrogens (tertiary/aromatic N) is 1. The zero-order valence-corrected chi connectivity index (χ0v) is 14.4. The fourth-order valence-electron chi connectivity index (χ4n) is 2.23. The molecule has 6 nitrogen and oxygen atoms in total. The van der Waals surface area contributed by atoms with E-state index in [0.29, 0.717) is 18.4 Å². The number of guanidine groups is 1. The molecule has 0 radical (unpaired) electrons. The molecule has 0 fully saturated rings. The zero-order chi connectivity index (χ0) is 20.0. The Labute approximate surface area is 152 Å². The van der Waals surface area contributed by atoms with E-state index in [1.54, 1.807) is 13.0 Å². The van der Waals surface area contributed by atoms with Crippen LogP contribution < -0.4 is 16.4 Å². The molecule has 0 unspecified atom stereocenters. The van der Waals surface area contributed by atoms with Crippen LogP contribution >= 0.6 is 0 Å².